The van der Waals surface area contributed by atoms with Gasteiger partial charge in [-0.05, 0) is 17.7 Å². The molecule has 0 radical (unpaired) electrons. The molecule has 0 saturated heterocycles. The molecular formula is C14H11F4N3O3. The summed E-state index contributed by atoms with van der Waals surface area (Å²) in [5, 5.41) is 3.79. The molecule has 0 atom stereocenters. The van der Waals surface area contributed by atoms with Crippen molar-refractivity contribution in [1.29, 1.82) is 0 Å². The molecule has 2 rings (SSSR count). The van der Waals surface area contributed by atoms with Crippen LogP contribution in [0.2, 0.25) is 0 Å². The van der Waals surface area contributed by atoms with Crippen LogP contribution in [0.5, 0.6) is 0 Å². The molecule has 1 amide bonds. The Morgan fingerprint density at radius 1 is 1.21 bits per heavy atom. The summed E-state index contributed by atoms with van der Waals surface area (Å²) in [6.07, 6.45) is -5.03. The Morgan fingerprint density at radius 2 is 1.79 bits per heavy atom. The number of amides is 1. The molecule has 0 spiro atoms. The van der Waals surface area contributed by atoms with E-state index in [1.54, 1.807) is 5.10 Å². The van der Waals surface area contributed by atoms with Crippen molar-refractivity contribution in [3.63, 3.8) is 0 Å². The third-order valence-electron chi connectivity index (χ3n) is 3.13. The van der Waals surface area contributed by atoms with Gasteiger partial charge in [0.05, 0.1) is 0 Å². The topological polar surface area (TPSA) is 84.0 Å². The molecule has 2 aromatic rings. The van der Waals surface area contributed by atoms with Crippen molar-refractivity contribution in [2.24, 2.45) is 7.05 Å². The number of benzene rings is 1. The van der Waals surface area contributed by atoms with E-state index in [2.05, 4.69) is 5.32 Å². The SMILES string of the molecule is Cn1[nH]c(C(F)(F)F)c(C(=O)NCc2ccc(F)cc2)c(=O)c1=O. The van der Waals surface area contributed by atoms with Gasteiger partial charge >= 0.3 is 11.7 Å². The Bertz CT molecular complexity index is 882. The Hall–Kier alpha value is -2.91. The fraction of sp³-hybridized carbons (Fsp3) is 0.214. The second-order valence-electron chi connectivity index (χ2n) is 4.86. The highest BCUT2D eigenvalue weighted by Crippen LogP contribution is 2.28. The fourth-order valence-corrected chi connectivity index (χ4v) is 1.94. The Labute approximate surface area is 131 Å². The largest absolute Gasteiger partial charge is 0.433 e. The molecule has 10 heteroatoms. The van der Waals surface area contributed by atoms with E-state index < -0.39 is 40.1 Å². The first-order valence-corrected chi connectivity index (χ1v) is 6.54. The van der Waals surface area contributed by atoms with E-state index in [9.17, 15) is 31.9 Å². The zero-order valence-electron chi connectivity index (χ0n) is 12.2. The summed E-state index contributed by atoms with van der Waals surface area (Å²) in [7, 11) is 0.930. The smallest absolute Gasteiger partial charge is 0.348 e. The van der Waals surface area contributed by atoms with Gasteiger partial charge in [-0.2, -0.15) is 13.2 Å². The number of aromatic amines is 1. The summed E-state index contributed by atoms with van der Waals surface area (Å²) >= 11 is 0. The van der Waals surface area contributed by atoms with Crippen molar-refractivity contribution in [3.8, 4) is 0 Å². The molecule has 0 unspecified atom stereocenters. The molecule has 0 bridgehead atoms. The summed E-state index contributed by atoms with van der Waals surface area (Å²) in [5.74, 6) is -1.88. The van der Waals surface area contributed by atoms with E-state index in [1.165, 1.54) is 12.1 Å². The van der Waals surface area contributed by atoms with Gasteiger partial charge in [-0.3, -0.25) is 24.2 Å². The van der Waals surface area contributed by atoms with Crippen LogP contribution >= 0.6 is 0 Å². The quantitative estimate of drug-likeness (QED) is 0.647. The number of carbonyl (C=O) groups excluding carboxylic acids is 1. The lowest BCUT2D eigenvalue weighted by molar-refractivity contribution is -0.142. The molecule has 6 nitrogen and oxygen atoms in total. The standard InChI is InChI=1S/C14H11F4N3O3/c1-21-13(24)10(22)9(11(20-21)14(16,17)18)12(23)19-6-7-2-4-8(15)5-3-7/h2-5,20H,6H2,1H3,(H,19,23). The molecule has 0 aliphatic heterocycles. The molecule has 1 heterocycles. The lowest BCUT2D eigenvalue weighted by Gasteiger charge is -2.13. The summed E-state index contributed by atoms with van der Waals surface area (Å²) in [4.78, 5) is 35.3. The van der Waals surface area contributed by atoms with Crippen LogP contribution in [0.15, 0.2) is 33.9 Å². The number of rotatable bonds is 3. The maximum atomic E-state index is 13.0. The molecule has 2 N–H and O–H groups in total. The van der Waals surface area contributed by atoms with E-state index in [1.807, 2.05) is 0 Å². The van der Waals surface area contributed by atoms with Gasteiger partial charge in [0.15, 0.2) is 5.69 Å². The van der Waals surface area contributed by atoms with Gasteiger partial charge in [-0.25, -0.2) is 4.39 Å². The number of H-pyrrole nitrogens is 1. The molecule has 1 aromatic heterocycles. The predicted octanol–water partition coefficient (Wildman–Crippen LogP) is 1.16. The van der Waals surface area contributed by atoms with Crippen LogP contribution in [0, 0.1) is 5.82 Å². The number of aryl methyl sites for hydroxylation is 1. The van der Waals surface area contributed by atoms with Crippen molar-refractivity contribution >= 4 is 5.91 Å². The summed E-state index contributed by atoms with van der Waals surface area (Å²) in [5.41, 5.74) is -5.40. The Balaban J connectivity index is 2.38. The van der Waals surface area contributed by atoms with Crippen LogP contribution in [0.3, 0.4) is 0 Å². The van der Waals surface area contributed by atoms with Crippen LogP contribution in [0.1, 0.15) is 21.6 Å². The van der Waals surface area contributed by atoms with Crippen LogP contribution < -0.4 is 16.3 Å². The van der Waals surface area contributed by atoms with Crippen LogP contribution in [0.25, 0.3) is 0 Å². The second kappa shape index (κ2) is 6.30. The highest BCUT2D eigenvalue weighted by molar-refractivity contribution is 5.95. The molecule has 0 aliphatic rings. The number of alkyl halides is 3. The summed E-state index contributed by atoms with van der Waals surface area (Å²) in [6, 6.07) is 4.84. The van der Waals surface area contributed by atoms with Crippen LogP contribution in [-0.4, -0.2) is 15.7 Å². The van der Waals surface area contributed by atoms with Gasteiger partial charge in [0.25, 0.3) is 11.3 Å². The number of carbonyl (C=O) groups is 1. The van der Waals surface area contributed by atoms with Crippen molar-refractivity contribution in [2.45, 2.75) is 12.7 Å². The zero-order valence-corrected chi connectivity index (χ0v) is 12.2. The Kier molecular flexibility index (Phi) is 4.58. The van der Waals surface area contributed by atoms with E-state index in [4.69, 9.17) is 0 Å². The fourth-order valence-electron chi connectivity index (χ4n) is 1.94. The lowest BCUT2D eigenvalue weighted by atomic mass is 10.1. The number of halogens is 4. The van der Waals surface area contributed by atoms with E-state index in [0.29, 0.717) is 10.2 Å². The maximum Gasteiger partial charge on any atom is 0.433 e. The lowest BCUT2D eigenvalue weighted by Crippen LogP contribution is -2.44. The molecule has 0 fully saturated rings. The van der Waals surface area contributed by atoms with Gasteiger partial charge in [0.1, 0.15) is 11.4 Å². The van der Waals surface area contributed by atoms with Crippen LogP contribution in [-0.2, 0) is 19.8 Å². The number of hydrogen-bond donors (Lipinski definition) is 2. The first kappa shape index (κ1) is 17.4. The Morgan fingerprint density at radius 3 is 2.33 bits per heavy atom. The van der Waals surface area contributed by atoms with E-state index in [-0.39, 0.29) is 6.54 Å². The summed E-state index contributed by atoms with van der Waals surface area (Å²) < 4.78 is 52.1. The molecule has 0 saturated carbocycles. The minimum absolute atomic E-state index is 0.245. The number of nitrogens with one attached hydrogen (secondary N) is 2. The van der Waals surface area contributed by atoms with Gasteiger partial charge in [0, 0.05) is 13.6 Å². The van der Waals surface area contributed by atoms with Gasteiger partial charge in [0.2, 0.25) is 0 Å². The van der Waals surface area contributed by atoms with E-state index >= 15 is 0 Å². The maximum absolute atomic E-state index is 13.0. The minimum Gasteiger partial charge on any atom is -0.348 e. The van der Waals surface area contributed by atoms with Crippen molar-refractivity contribution < 1.29 is 22.4 Å². The highest BCUT2D eigenvalue weighted by Gasteiger charge is 2.39. The predicted molar refractivity (Wildman–Crippen MR) is 74.9 cm³/mol. The van der Waals surface area contributed by atoms with Crippen molar-refractivity contribution in [3.05, 3.63) is 67.5 Å². The van der Waals surface area contributed by atoms with Crippen molar-refractivity contribution in [2.75, 3.05) is 0 Å². The zero-order chi connectivity index (χ0) is 18.1. The minimum atomic E-state index is -5.03. The average molecular weight is 345 g/mol. The van der Waals surface area contributed by atoms with E-state index in [0.717, 1.165) is 19.2 Å². The molecule has 128 valence electrons. The number of nitrogens with zero attached hydrogens (tertiary/aromatic N) is 1. The molecule has 24 heavy (non-hydrogen) atoms. The first-order valence-electron chi connectivity index (χ1n) is 6.54. The van der Waals surface area contributed by atoms with Gasteiger partial charge in [-0.1, -0.05) is 12.1 Å². The van der Waals surface area contributed by atoms with Crippen LogP contribution in [0.4, 0.5) is 17.6 Å². The summed E-state index contributed by atoms with van der Waals surface area (Å²) in [6.45, 7) is -0.245. The van der Waals surface area contributed by atoms with Gasteiger partial charge < -0.3 is 5.32 Å². The normalized spacial score (nSPS) is 11.4. The van der Waals surface area contributed by atoms with Gasteiger partial charge in [-0.15, -0.1) is 0 Å². The van der Waals surface area contributed by atoms with Crippen molar-refractivity contribution in [1.82, 2.24) is 15.1 Å². The highest BCUT2D eigenvalue weighted by atomic mass is 19.4. The molecular weight excluding hydrogens is 334 g/mol. The third-order valence-corrected chi connectivity index (χ3v) is 3.13. The monoisotopic (exact) mass is 345 g/mol. The molecule has 1 aromatic carbocycles. The third kappa shape index (κ3) is 3.53. The first-order chi connectivity index (χ1) is 11.1. The second-order valence-corrected chi connectivity index (χ2v) is 4.86. The molecule has 0 aliphatic carbocycles. The number of hydrogen-bond acceptors (Lipinski definition) is 3. The average Bonchev–Trinajstić information content (AvgIpc) is 2.50. The number of aromatic nitrogens is 2.